The molecule has 2 rings (SSSR count). The quantitative estimate of drug-likeness (QED) is 0.675. The number of hydrogen-bond acceptors (Lipinski definition) is 1. The van der Waals surface area contributed by atoms with Crippen LogP contribution >= 0.6 is 15.9 Å². The van der Waals surface area contributed by atoms with Crippen LogP contribution in [-0.4, -0.2) is 13.1 Å². The molecule has 0 amide bonds. The van der Waals surface area contributed by atoms with E-state index in [1.165, 1.54) is 6.07 Å². The van der Waals surface area contributed by atoms with Crippen molar-refractivity contribution in [1.29, 1.82) is 0 Å². The van der Waals surface area contributed by atoms with Crippen LogP contribution in [0.25, 0.3) is 0 Å². The molecule has 1 aliphatic rings. The smallest absolute Gasteiger partial charge is 0.372 e. The minimum Gasteiger partial charge on any atom is -0.372 e. The Balaban J connectivity index is 2.21. The maximum Gasteiger partial charge on any atom is 0.416 e. The molecule has 0 saturated carbocycles. The number of piperidine rings is 1. The molecule has 0 aromatic heterocycles. The summed E-state index contributed by atoms with van der Waals surface area (Å²) in [4.78, 5) is 2.07. The Kier molecular flexibility index (Phi) is 4.99. The minimum atomic E-state index is -4.29. The molecule has 112 valence electrons. The Bertz CT molecular complexity index is 451. The molecule has 5 heteroatoms. The molecule has 0 aliphatic carbocycles. The van der Waals surface area contributed by atoms with Gasteiger partial charge in [0.25, 0.3) is 0 Å². The molecule has 0 spiro atoms. The highest BCUT2D eigenvalue weighted by molar-refractivity contribution is 9.08. The van der Waals surface area contributed by atoms with Gasteiger partial charge in [-0.1, -0.05) is 35.3 Å². The third kappa shape index (κ3) is 3.48. The first-order valence-electron chi connectivity index (χ1n) is 6.96. The maximum atomic E-state index is 13.1. The van der Waals surface area contributed by atoms with Crippen LogP contribution in [0.1, 0.15) is 37.3 Å². The minimum absolute atomic E-state index is 0.222. The summed E-state index contributed by atoms with van der Waals surface area (Å²) in [5.41, 5.74) is 0.464. The third-order valence-electron chi connectivity index (χ3n) is 4.10. The zero-order valence-corrected chi connectivity index (χ0v) is 13.1. The molecule has 1 aromatic rings. The summed E-state index contributed by atoms with van der Waals surface area (Å²) in [6.07, 6.45) is -0.999. The van der Waals surface area contributed by atoms with E-state index in [1.807, 2.05) is 0 Å². The summed E-state index contributed by atoms with van der Waals surface area (Å²) in [6.45, 7) is 3.87. The van der Waals surface area contributed by atoms with Gasteiger partial charge in [0, 0.05) is 24.1 Å². The lowest BCUT2D eigenvalue weighted by atomic mass is 9.94. The predicted molar refractivity (Wildman–Crippen MR) is 79.3 cm³/mol. The van der Waals surface area contributed by atoms with E-state index in [4.69, 9.17) is 0 Å². The number of benzene rings is 1. The number of halogens is 4. The molecule has 0 bridgehead atoms. The van der Waals surface area contributed by atoms with Gasteiger partial charge in [-0.2, -0.15) is 13.2 Å². The van der Waals surface area contributed by atoms with Gasteiger partial charge >= 0.3 is 6.18 Å². The Morgan fingerprint density at radius 2 is 1.90 bits per heavy atom. The lowest BCUT2D eigenvalue weighted by molar-refractivity contribution is -0.138. The Hall–Kier alpha value is -0.710. The van der Waals surface area contributed by atoms with Crippen LogP contribution in [0.2, 0.25) is 0 Å². The van der Waals surface area contributed by atoms with Crippen LogP contribution in [-0.2, 0) is 11.5 Å². The van der Waals surface area contributed by atoms with E-state index < -0.39 is 11.7 Å². The lowest BCUT2D eigenvalue weighted by Gasteiger charge is -2.33. The van der Waals surface area contributed by atoms with E-state index in [0.717, 1.165) is 38.3 Å². The Labute approximate surface area is 126 Å². The van der Waals surface area contributed by atoms with Gasteiger partial charge in [-0.15, -0.1) is 0 Å². The van der Waals surface area contributed by atoms with Crippen molar-refractivity contribution in [2.45, 2.75) is 37.7 Å². The topological polar surface area (TPSA) is 3.24 Å². The maximum absolute atomic E-state index is 13.1. The van der Waals surface area contributed by atoms with Crippen molar-refractivity contribution < 1.29 is 13.2 Å². The molecule has 1 nitrogen and oxygen atoms in total. The first-order valence-corrected chi connectivity index (χ1v) is 8.09. The van der Waals surface area contributed by atoms with Gasteiger partial charge in [0.15, 0.2) is 0 Å². The van der Waals surface area contributed by atoms with E-state index in [-0.39, 0.29) is 5.33 Å². The van der Waals surface area contributed by atoms with Crippen LogP contribution in [0, 0.1) is 5.92 Å². The average Bonchev–Trinajstić information content (AvgIpc) is 2.46. The standard InChI is InChI=1S/C15H19BrF3N/c1-2-11-5-7-20(8-6-11)13-4-3-12(10-16)14(9-13)15(17,18)19/h3-4,9,11H,2,5-8,10H2,1H3. The van der Waals surface area contributed by atoms with Gasteiger partial charge in [-0.05, 0) is 36.5 Å². The van der Waals surface area contributed by atoms with Crippen LogP contribution in [0.4, 0.5) is 18.9 Å². The molecule has 1 heterocycles. The summed E-state index contributed by atoms with van der Waals surface area (Å²) in [5.74, 6) is 0.718. The highest BCUT2D eigenvalue weighted by Gasteiger charge is 2.33. The summed E-state index contributed by atoms with van der Waals surface area (Å²) in [6, 6.07) is 4.68. The van der Waals surface area contributed by atoms with Crippen molar-refractivity contribution in [3.05, 3.63) is 29.3 Å². The molecule has 1 aliphatic heterocycles. The number of hydrogen-bond donors (Lipinski definition) is 0. The lowest BCUT2D eigenvalue weighted by Crippen LogP contribution is -2.33. The number of rotatable bonds is 3. The Morgan fingerprint density at radius 3 is 2.40 bits per heavy atom. The van der Waals surface area contributed by atoms with E-state index in [0.29, 0.717) is 11.3 Å². The molecule has 1 saturated heterocycles. The Morgan fingerprint density at radius 1 is 1.25 bits per heavy atom. The third-order valence-corrected chi connectivity index (χ3v) is 4.70. The zero-order valence-electron chi connectivity index (χ0n) is 11.5. The summed E-state index contributed by atoms with van der Waals surface area (Å²) in [5, 5.41) is 0.222. The highest BCUT2D eigenvalue weighted by atomic mass is 79.9. The summed E-state index contributed by atoms with van der Waals surface area (Å²) in [7, 11) is 0. The number of anilines is 1. The number of nitrogens with zero attached hydrogens (tertiary/aromatic N) is 1. The molecule has 0 atom stereocenters. The van der Waals surface area contributed by atoms with E-state index in [2.05, 4.69) is 27.8 Å². The molecular formula is C15H19BrF3N. The van der Waals surface area contributed by atoms with E-state index in [1.54, 1.807) is 12.1 Å². The molecular weight excluding hydrogens is 331 g/mol. The largest absolute Gasteiger partial charge is 0.416 e. The van der Waals surface area contributed by atoms with E-state index in [9.17, 15) is 13.2 Å². The van der Waals surface area contributed by atoms with Crippen molar-refractivity contribution in [3.8, 4) is 0 Å². The highest BCUT2D eigenvalue weighted by Crippen LogP contribution is 2.36. The molecule has 0 N–H and O–H groups in total. The van der Waals surface area contributed by atoms with Gasteiger partial charge < -0.3 is 4.90 Å². The second-order valence-corrected chi connectivity index (χ2v) is 5.87. The summed E-state index contributed by atoms with van der Waals surface area (Å²) < 4.78 is 39.2. The van der Waals surface area contributed by atoms with Crippen LogP contribution in [0.15, 0.2) is 18.2 Å². The molecule has 1 fully saturated rings. The average molecular weight is 350 g/mol. The molecule has 20 heavy (non-hydrogen) atoms. The monoisotopic (exact) mass is 349 g/mol. The van der Waals surface area contributed by atoms with Crippen LogP contribution < -0.4 is 4.90 Å². The summed E-state index contributed by atoms with van der Waals surface area (Å²) >= 11 is 3.12. The van der Waals surface area contributed by atoms with Crippen molar-refractivity contribution in [3.63, 3.8) is 0 Å². The van der Waals surface area contributed by atoms with Gasteiger partial charge in [0.05, 0.1) is 5.56 Å². The SMILES string of the molecule is CCC1CCN(c2ccc(CBr)c(C(F)(F)F)c2)CC1. The van der Waals surface area contributed by atoms with Crippen LogP contribution in [0.5, 0.6) is 0 Å². The first kappa shape index (κ1) is 15.7. The van der Waals surface area contributed by atoms with Gasteiger partial charge in [0.2, 0.25) is 0 Å². The van der Waals surface area contributed by atoms with Gasteiger partial charge in [0.1, 0.15) is 0 Å². The van der Waals surface area contributed by atoms with Crippen molar-refractivity contribution in [2.24, 2.45) is 5.92 Å². The van der Waals surface area contributed by atoms with Crippen molar-refractivity contribution in [2.75, 3.05) is 18.0 Å². The zero-order chi connectivity index (χ0) is 14.8. The fraction of sp³-hybridized carbons (Fsp3) is 0.600. The van der Waals surface area contributed by atoms with Crippen molar-refractivity contribution in [1.82, 2.24) is 0 Å². The second-order valence-electron chi connectivity index (χ2n) is 5.31. The normalized spacial score (nSPS) is 17.6. The van der Waals surface area contributed by atoms with Gasteiger partial charge in [-0.25, -0.2) is 0 Å². The molecule has 0 radical (unpaired) electrons. The fourth-order valence-electron chi connectivity index (χ4n) is 2.74. The first-order chi connectivity index (χ1) is 9.45. The van der Waals surface area contributed by atoms with Crippen LogP contribution in [0.3, 0.4) is 0 Å². The molecule has 1 aromatic carbocycles. The second kappa shape index (κ2) is 6.37. The van der Waals surface area contributed by atoms with Gasteiger partial charge in [-0.3, -0.25) is 0 Å². The molecule has 0 unspecified atom stereocenters. The number of alkyl halides is 4. The van der Waals surface area contributed by atoms with Crippen molar-refractivity contribution >= 4 is 21.6 Å². The predicted octanol–water partition coefficient (Wildman–Crippen LogP) is 5.23. The van der Waals surface area contributed by atoms with E-state index >= 15 is 0 Å². The fourth-order valence-corrected chi connectivity index (χ4v) is 3.23.